The number of alkyl halides is 3. The van der Waals surface area contributed by atoms with Crippen LogP contribution >= 0.6 is 23.2 Å². The standard InChI is InChI=1S/C24H21Cl2F3O2/c25-23(26)13-15-31-22-16-19(24(27,28)29)12-11-18(22)7-3-4-14-30-21-10-5-8-17-6-1-2-9-20(17)21/h1-2,5-6,8-13,16H,3-4,7,14-15H2. The summed E-state index contributed by atoms with van der Waals surface area (Å²) in [5.74, 6) is 0.997. The van der Waals surface area contributed by atoms with Crippen LogP contribution in [0.2, 0.25) is 0 Å². The van der Waals surface area contributed by atoms with Gasteiger partial charge in [-0.15, -0.1) is 0 Å². The van der Waals surface area contributed by atoms with Crippen molar-refractivity contribution in [2.24, 2.45) is 0 Å². The number of aryl methyl sites for hydroxylation is 1. The number of hydrogen-bond acceptors (Lipinski definition) is 2. The summed E-state index contributed by atoms with van der Waals surface area (Å²) < 4.78 is 50.6. The Morgan fingerprint density at radius 2 is 1.65 bits per heavy atom. The zero-order chi connectivity index (χ0) is 22.3. The Kier molecular flexibility index (Phi) is 8.10. The molecule has 0 aliphatic carbocycles. The second-order valence-electron chi connectivity index (χ2n) is 6.91. The van der Waals surface area contributed by atoms with Crippen LogP contribution in [0.15, 0.2) is 71.2 Å². The molecule has 31 heavy (non-hydrogen) atoms. The SMILES string of the molecule is FC(F)(F)c1ccc(CCCCOc2cccc3ccccc23)c(OCC=C(Cl)Cl)c1. The topological polar surface area (TPSA) is 18.5 Å². The Bertz CT molecular complexity index is 1040. The van der Waals surface area contributed by atoms with Crippen LogP contribution in [0.3, 0.4) is 0 Å². The minimum Gasteiger partial charge on any atom is -0.493 e. The van der Waals surface area contributed by atoms with Crippen molar-refractivity contribution in [2.45, 2.75) is 25.4 Å². The second kappa shape index (κ2) is 10.8. The molecule has 164 valence electrons. The van der Waals surface area contributed by atoms with E-state index in [1.165, 1.54) is 12.1 Å². The highest BCUT2D eigenvalue weighted by Crippen LogP contribution is 2.34. The monoisotopic (exact) mass is 468 g/mol. The fraction of sp³-hybridized carbons (Fsp3) is 0.250. The molecule has 3 aromatic carbocycles. The van der Waals surface area contributed by atoms with Crippen molar-refractivity contribution in [2.75, 3.05) is 13.2 Å². The van der Waals surface area contributed by atoms with Crippen LogP contribution in [-0.4, -0.2) is 13.2 Å². The summed E-state index contributed by atoms with van der Waals surface area (Å²) in [4.78, 5) is 0. The first-order valence-corrected chi connectivity index (χ1v) is 10.5. The number of hydrogen-bond donors (Lipinski definition) is 0. The smallest absolute Gasteiger partial charge is 0.416 e. The van der Waals surface area contributed by atoms with Crippen LogP contribution in [0.1, 0.15) is 24.0 Å². The summed E-state index contributed by atoms with van der Waals surface area (Å²) in [6.07, 6.45) is -1.02. The van der Waals surface area contributed by atoms with Gasteiger partial charge < -0.3 is 9.47 Å². The van der Waals surface area contributed by atoms with Gasteiger partial charge in [-0.1, -0.05) is 65.7 Å². The highest BCUT2D eigenvalue weighted by Gasteiger charge is 2.31. The van der Waals surface area contributed by atoms with E-state index in [9.17, 15) is 13.2 Å². The maximum atomic E-state index is 13.0. The van der Waals surface area contributed by atoms with E-state index >= 15 is 0 Å². The second-order valence-corrected chi connectivity index (χ2v) is 7.92. The van der Waals surface area contributed by atoms with E-state index in [0.717, 1.165) is 41.5 Å². The Hall–Kier alpha value is -2.37. The number of benzene rings is 3. The lowest BCUT2D eigenvalue weighted by Gasteiger charge is -2.14. The summed E-state index contributed by atoms with van der Waals surface area (Å²) in [6.45, 7) is 0.496. The van der Waals surface area contributed by atoms with E-state index in [1.54, 1.807) is 0 Å². The average molecular weight is 469 g/mol. The van der Waals surface area contributed by atoms with E-state index in [0.29, 0.717) is 18.6 Å². The van der Waals surface area contributed by atoms with Gasteiger partial charge in [0.25, 0.3) is 0 Å². The largest absolute Gasteiger partial charge is 0.493 e. The van der Waals surface area contributed by atoms with Crippen molar-refractivity contribution in [1.29, 1.82) is 0 Å². The average Bonchev–Trinajstić information content (AvgIpc) is 2.73. The minimum absolute atomic E-state index is 0.000823. The molecule has 3 rings (SSSR count). The molecule has 0 atom stereocenters. The fourth-order valence-corrected chi connectivity index (χ4v) is 3.31. The third-order valence-corrected chi connectivity index (χ3v) is 5.03. The molecule has 0 saturated heterocycles. The molecule has 0 spiro atoms. The minimum atomic E-state index is -4.44. The van der Waals surface area contributed by atoms with Crippen LogP contribution in [0.4, 0.5) is 13.2 Å². The molecule has 3 aromatic rings. The zero-order valence-electron chi connectivity index (χ0n) is 16.6. The van der Waals surface area contributed by atoms with Gasteiger partial charge in [0.1, 0.15) is 22.6 Å². The van der Waals surface area contributed by atoms with Gasteiger partial charge in [-0.05, 0) is 54.5 Å². The first-order valence-electron chi connectivity index (χ1n) is 9.79. The number of fused-ring (bicyclic) bond motifs is 1. The number of unbranched alkanes of at least 4 members (excludes halogenated alkanes) is 1. The molecule has 0 aliphatic rings. The zero-order valence-corrected chi connectivity index (χ0v) is 18.1. The summed E-state index contributed by atoms with van der Waals surface area (Å²) in [6, 6.07) is 17.4. The fourth-order valence-electron chi connectivity index (χ4n) is 3.19. The van der Waals surface area contributed by atoms with E-state index < -0.39 is 11.7 Å². The quantitative estimate of drug-likeness (QED) is 0.296. The van der Waals surface area contributed by atoms with Crippen molar-refractivity contribution in [3.63, 3.8) is 0 Å². The summed E-state index contributed by atoms with van der Waals surface area (Å²) in [7, 11) is 0. The number of halogens is 5. The molecule has 7 heteroatoms. The summed E-state index contributed by atoms with van der Waals surface area (Å²) >= 11 is 11.1. The first-order chi connectivity index (χ1) is 14.8. The maximum absolute atomic E-state index is 13.0. The van der Waals surface area contributed by atoms with Gasteiger partial charge in [0, 0.05) is 5.39 Å². The Morgan fingerprint density at radius 3 is 2.42 bits per heavy atom. The molecular formula is C24H21Cl2F3O2. The molecule has 0 N–H and O–H groups in total. The Labute approximate surface area is 189 Å². The highest BCUT2D eigenvalue weighted by atomic mass is 35.5. The highest BCUT2D eigenvalue weighted by molar-refractivity contribution is 6.55. The lowest BCUT2D eigenvalue weighted by Crippen LogP contribution is -2.07. The van der Waals surface area contributed by atoms with Gasteiger partial charge in [0.2, 0.25) is 0 Å². The Balaban J connectivity index is 1.59. The number of rotatable bonds is 9. The van der Waals surface area contributed by atoms with Crippen molar-refractivity contribution < 1.29 is 22.6 Å². The molecular weight excluding hydrogens is 448 g/mol. The molecule has 0 fully saturated rings. The lowest BCUT2D eigenvalue weighted by atomic mass is 10.0. The van der Waals surface area contributed by atoms with Crippen molar-refractivity contribution in [3.05, 3.63) is 82.4 Å². The predicted octanol–water partition coefficient (Wildman–Crippen LogP) is 7.96. The van der Waals surface area contributed by atoms with Crippen LogP contribution in [-0.2, 0) is 12.6 Å². The predicted molar refractivity (Wildman–Crippen MR) is 119 cm³/mol. The van der Waals surface area contributed by atoms with Crippen LogP contribution in [0.25, 0.3) is 10.8 Å². The van der Waals surface area contributed by atoms with E-state index in [4.69, 9.17) is 32.7 Å². The van der Waals surface area contributed by atoms with E-state index in [-0.39, 0.29) is 16.8 Å². The van der Waals surface area contributed by atoms with Crippen LogP contribution in [0.5, 0.6) is 11.5 Å². The van der Waals surface area contributed by atoms with Gasteiger partial charge in [-0.2, -0.15) is 13.2 Å². The normalized spacial score (nSPS) is 11.4. The van der Waals surface area contributed by atoms with Gasteiger partial charge in [0.15, 0.2) is 0 Å². The first kappa shape index (κ1) is 23.3. The van der Waals surface area contributed by atoms with Gasteiger partial charge in [-0.3, -0.25) is 0 Å². The maximum Gasteiger partial charge on any atom is 0.416 e. The molecule has 0 bridgehead atoms. The molecule has 0 amide bonds. The van der Waals surface area contributed by atoms with Crippen LogP contribution < -0.4 is 9.47 Å². The van der Waals surface area contributed by atoms with Crippen molar-refractivity contribution in [1.82, 2.24) is 0 Å². The molecule has 0 radical (unpaired) electrons. The number of ether oxygens (including phenoxy) is 2. The summed E-state index contributed by atoms with van der Waals surface area (Å²) in [5.41, 5.74) is -0.0660. The third-order valence-electron chi connectivity index (χ3n) is 4.72. The van der Waals surface area contributed by atoms with Crippen molar-refractivity contribution in [3.8, 4) is 11.5 Å². The third kappa shape index (κ3) is 6.81. The molecule has 0 aromatic heterocycles. The molecule has 2 nitrogen and oxygen atoms in total. The van der Waals surface area contributed by atoms with E-state index in [1.807, 2.05) is 42.5 Å². The van der Waals surface area contributed by atoms with Gasteiger partial charge >= 0.3 is 6.18 Å². The van der Waals surface area contributed by atoms with Crippen LogP contribution in [0, 0.1) is 0 Å². The van der Waals surface area contributed by atoms with Gasteiger partial charge in [0.05, 0.1) is 12.2 Å². The molecule has 0 aliphatic heterocycles. The lowest BCUT2D eigenvalue weighted by molar-refractivity contribution is -0.137. The van der Waals surface area contributed by atoms with E-state index in [2.05, 4.69) is 0 Å². The molecule has 0 heterocycles. The molecule has 0 unspecified atom stereocenters. The van der Waals surface area contributed by atoms with Gasteiger partial charge in [-0.25, -0.2) is 0 Å². The Morgan fingerprint density at radius 1 is 0.871 bits per heavy atom. The van der Waals surface area contributed by atoms with Crippen molar-refractivity contribution >= 4 is 34.0 Å². The summed E-state index contributed by atoms with van der Waals surface area (Å²) in [5, 5.41) is 2.16. The molecule has 0 saturated carbocycles.